The number of halogens is 1. The number of hydrogen-bond acceptors (Lipinski definition) is 5. The van der Waals surface area contributed by atoms with Crippen molar-refractivity contribution in [1.29, 1.82) is 0 Å². The zero-order valence-corrected chi connectivity index (χ0v) is 13.0. The molecule has 0 saturated carbocycles. The number of hydrogen-bond donors (Lipinski definition) is 2. The average Bonchev–Trinajstić information content (AvgIpc) is 2.37. The monoisotopic (exact) mass is 360 g/mol. The molecule has 0 aromatic heterocycles. The van der Waals surface area contributed by atoms with Crippen LogP contribution in [-0.4, -0.2) is 29.8 Å². The van der Waals surface area contributed by atoms with E-state index in [0.717, 1.165) is 9.37 Å². The van der Waals surface area contributed by atoms with Crippen molar-refractivity contribution < 1.29 is 19.1 Å². The second kappa shape index (κ2) is 7.91. The summed E-state index contributed by atoms with van der Waals surface area (Å²) in [6.07, 6.45) is -1.07. The van der Waals surface area contributed by atoms with E-state index in [-0.39, 0.29) is 5.75 Å². The van der Waals surface area contributed by atoms with E-state index in [4.69, 9.17) is 10.5 Å². The summed E-state index contributed by atoms with van der Waals surface area (Å²) in [5.74, 6) is -1.24. The lowest BCUT2D eigenvalue weighted by Gasteiger charge is -2.11. The number of carbonyl (C=O) groups is 3. The van der Waals surface area contributed by atoms with E-state index in [0.29, 0.717) is 0 Å². The maximum Gasteiger partial charge on any atom is 0.318 e. The number of ether oxygens (including phenoxy) is 1. The van der Waals surface area contributed by atoms with E-state index in [1.165, 1.54) is 18.7 Å². The second-order valence-corrected chi connectivity index (χ2v) is 5.69. The zero-order valence-electron chi connectivity index (χ0n) is 10.6. The SMILES string of the molecule is C[C@H](OC(=O)CSc1ccc(Br)cc1)C(=O)NC(N)=O. The van der Waals surface area contributed by atoms with Gasteiger partial charge in [0, 0.05) is 9.37 Å². The Morgan fingerprint density at radius 1 is 1.35 bits per heavy atom. The Kier molecular flexibility index (Phi) is 6.53. The van der Waals surface area contributed by atoms with Crippen LogP contribution in [0.3, 0.4) is 0 Å². The summed E-state index contributed by atoms with van der Waals surface area (Å²) >= 11 is 4.60. The normalized spacial score (nSPS) is 11.5. The van der Waals surface area contributed by atoms with Crippen LogP contribution in [0.1, 0.15) is 6.92 Å². The Balaban J connectivity index is 2.38. The smallest absolute Gasteiger partial charge is 0.318 e. The van der Waals surface area contributed by atoms with Gasteiger partial charge in [0.2, 0.25) is 0 Å². The summed E-state index contributed by atoms with van der Waals surface area (Å²) in [4.78, 5) is 34.2. The van der Waals surface area contributed by atoms with Crippen molar-refractivity contribution in [3.63, 3.8) is 0 Å². The van der Waals surface area contributed by atoms with Crippen LogP contribution in [0.15, 0.2) is 33.6 Å². The van der Waals surface area contributed by atoms with Crippen molar-refractivity contribution in [3.05, 3.63) is 28.7 Å². The molecule has 0 aliphatic rings. The topological polar surface area (TPSA) is 98.5 Å². The van der Waals surface area contributed by atoms with Crippen LogP contribution >= 0.6 is 27.7 Å². The molecule has 0 aliphatic heterocycles. The molecule has 0 unspecified atom stereocenters. The van der Waals surface area contributed by atoms with Gasteiger partial charge in [-0.3, -0.25) is 14.9 Å². The fraction of sp³-hybridized carbons (Fsp3) is 0.250. The molecule has 0 bridgehead atoms. The summed E-state index contributed by atoms with van der Waals surface area (Å²) < 4.78 is 5.82. The second-order valence-electron chi connectivity index (χ2n) is 3.73. The third kappa shape index (κ3) is 6.07. The van der Waals surface area contributed by atoms with E-state index in [1.807, 2.05) is 29.6 Å². The van der Waals surface area contributed by atoms with Gasteiger partial charge in [0.25, 0.3) is 5.91 Å². The molecule has 0 spiro atoms. The number of primary amides is 1. The van der Waals surface area contributed by atoms with Gasteiger partial charge in [-0.2, -0.15) is 0 Å². The van der Waals surface area contributed by atoms with Crippen molar-refractivity contribution in [1.82, 2.24) is 5.32 Å². The number of carbonyl (C=O) groups excluding carboxylic acids is 3. The van der Waals surface area contributed by atoms with Crippen molar-refractivity contribution in [2.75, 3.05) is 5.75 Å². The minimum Gasteiger partial charge on any atom is -0.452 e. The molecular weight excluding hydrogens is 348 g/mol. The third-order valence-corrected chi connectivity index (χ3v) is 3.61. The summed E-state index contributed by atoms with van der Waals surface area (Å²) in [6, 6.07) is 6.44. The largest absolute Gasteiger partial charge is 0.452 e. The van der Waals surface area contributed by atoms with Gasteiger partial charge in [0.05, 0.1) is 5.75 Å². The first-order valence-corrected chi connectivity index (χ1v) is 7.34. The Morgan fingerprint density at radius 3 is 2.50 bits per heavy atom. The zero-order chi connectivity index (χ0) is 15.1. The minimum atomic E-state index is -1.07. The standard InChI is InChI=1S/C12H13BrN2O4S/c1-7(11(17)15-12(14)18)19-10(16)6-20-9-4-2-8(13)3-5-9/h2-5,7H,6H2,1H3,(H3,14,15,17,18)/t7-/m0/s1. The molecule has 0 radical (unpaired) electrons. The van der Waals surface area contributed by atoms with Crippen LogP contribution in [0.25, 0.3) is 0 Å². The van der Waals surface area contributed by atoms with Gasteiger partial charge in [-0.25, -0.2) is 4.79 Å². The van der Waals surface area contributed by atoms with E-state index < -0.39 is 24.0 Å². The number of benzene rings is 1. The molecule has 0 heterocycles. The first-order valence-electron chi connectivity index (χ1n) is 5.56. The highest BCUT2D eigenvalue weighted by Crippen LogP contribution is 2.20. The van der Waals surface area contributed by atoms with Gasteiger partial charge in [0.1, 0.15) is 0 Å². The van der Waals surface area contributed by atoms with Gasteiger partial charge in [-0.15, -0.1) is 11.8 Å². The molecule has 1 aromatic carbocycles. The molecule has 3 N–H and O–H groups in total. The number of urea groups is 1. The van der Waals surface area contributed by atoms with Gasteiger partial charge in [-0.1, -0.05) is 15.9 Å². The Morgan fingerprint density at radius 2 is 1.95 bits per heavy atom. The van der Waals surface area contributed by atoms with E-state index >= 15 is 0 Å². The number of thioether (sulfide) groups is 1. The maximum absolute atomic E-state index is 11.5. The Bertz CT molecular complexity index is 507. The van der Waals surface area contributed by atoms with Crippen LogP contribution in [0.4, 0.5) is 4.79 Å². The van der Waals surface area contributed by atoms with Crippen molar-refractivity contribution in [2.24, 2.45) is 5.73 Å². The molecule has 3 amide bonds. The molecule has 8 heteroatoms. The number of esters is 1. The van der Waals surface area contributed by atoms with Gasteiger partial charge in [-0.05, 0) is 31.2 Å². The number of amides is 3. The quantitative estimate of drug-likeness (QED) is 0.614. The van der Waals surface area contributed by atoms with E-state index in [1.54, 1.807) is 0 Å². The van der Waals surface area contributed by atoms with Crippen LogP contribution in [-0.2, 0) is 14.3 Å². The highest BCUT2D eigenvalue weighted by molar-refractivity contribution is 9.10. The average molecular weight is 361 g/mol. The van der Waals surface area contributed by atoms with Crippen LogP contribution in [0.5, 0.6) is 0 Å². The van der Waals surface area contributed by atoms with Crippen LogP contribution in [0.2, 0.25) is 0 Å². The predicted octanol–water partition coefficient (Wildman–Crippen LogP) is 1.67. The molecule has 6 nitrogen and oxygen atoms in total. The van der Waals surface area contributed by atoms with E-state index in [9.17, 15) is 14.4 Å². The summed E-state index contributed by atoms with van der Waals surface area (Å²) in [5.41, 5.74) is 4.79. The highest BCUT2D eigenvalue weighted by atomic mass is 79.9. The maximum atomic E-state index is 11.5. The summed E-state index contributed by atoms with van der Waals surface area (Å²) in [5, 5.41) is 1.84. The van der Waals surface area contributed by atoms with Crippen molar-refractivity contribution >= 4 is 45.6 Å². The molecule has 1 aromatic rings. The molecular formula is C12H13BrN2O4S. The molecule has 1 atom stereocenters. The number of rotatable bonds is 5. The molecule has 0 saturated heterocycles. The molecule has 20 heavy (non-hydrogen) atoms. The van der Waals surface area contributed by atoms with Crippen LogP contribution in [0, 0.1) is 0 Å². The first kappa shape index (κ1) is 16.5. The lowest BCUT2D eigenvalue weighted by molar-refractivity contribution is -0.151. The van der Waals surface area contributed by atoms with Crippen molar-refractivity contribution in [2.45, 2.75) is 17.9 Å². The van der Waals surface area contributed by atoms with Crippen LogP contribution < -0.4 is 11.1 Å². The Hall–Kier alpha value is -1.54. The minimum absolute atomic E-state index is 0.0653. The lowest BCUT2D eigenvalue weighted by Crippen LogP contribution is -2.42. The fourth-order valence-corrected chi connectivity index (χ4v) is 2.13. The number of imide groups is 1. The van der Waals surface area contributed by atoms with Gasteiger partial charge < -0.3 is 10.5 Å². The van der Waals surface area contributed by atoms with Gasteiger partial charge >= 0.3 is 12.0 Å². The molecule has 1 rings (SSSR count). The molecule has 0 fully saturated rings. The predicted molar refractivity (Wildman–Crippen MR) is 78.1 cm³/mol. The number of nitrogens with two attached hydrogens (primary N) is 1. The first-order chi connectivity index (χ1) is 9.38. The fourth-order valence-electron chi connectivity index (χ4n) is 1.18. The lowest BCUT2D eigenvalue weighted by atomic mass is 10.4. The Labute approximate surface area is 128 Å². The molecule has 0 aliphatic carbocycles. The van der Waals surface area contributed by atoms with Gasteiger partial charge in [0.15, 0.2) is 6.10 Å². The summed E-state index contributed by atoms with van der Waals surface area (Å²) in [6.45, 7) is 1.36. The molecule has 108 valence electrons. The number of nitrogens with one attached hydrogen (secondary N) is 1. The van der Waals surface area contributed by atoms with Crippen molar-refractivity contribution in [3.8, 4) is 0 Å². The highest BCUT2D eigenvalue weighted by Gasteiger charge is 2.18. The third-order valence-electron chi connectivity index (χ3n) is 2.09. The summed E-state index contributed by atoms with van der Waals surface area (Å²) in [7, 11) is 0. The van der Waals surface area contributed by atoms with E-state index in [2.05, 4.69) is 15.9 Å².